The van der Waals surface area contributed by atoms with Crippen molar-refractivity contribution < 1.29 is 4.74 Å². The summed E-state index contributed by atoms with van der Waals surface area (Å²) >= 11 is 6.10. The van der Waals surface area contributed by atoms with Crippen molar-refractivity contribution in [3.8, 4) is 5.75 Å². The van der Waals surface area contributed by atoms with Gasteiger partial charge in [-0.2, -0.15) is 5.10 Å². The summed E-state index contributed by atoms with van der Waals surface area (Å²) in [6.07, 6.45) is 3.50. The maximum absolute atomic E-state index is 6.10. The monoisotopic (exact) mass is 236 g/mol. The molecule has 16 heavy (non-hydrogen) atoms. The summed E-state index contributed by atoms with van der Waals surface area (Å²) in [4.78, 5) is 0. The van der Waals surface area contributed by atoms with Gasteiger partial charge in [-0.1, -0.05) is 23.7 Å². The average molecular weight is 237 g/mol. The van der Waals surface area contributed by atoms with Crippen molar-refractivity contribution in [2.75, 3.05) is 0 Å². The lowest BCUT2D eigenvalue weighted by Crippen LogP contribution is -1.95. The molecule has 0 saturated heterocycles. The van der Waals surface area contributed by atoms with Crippen LogP contribution >= 0.6 is 11.6 Å². The average Bonchev–Trinajstić information content (AvgIpc) is 2.63. The Bertz CT molecular complexity index is 494. The van der Waals surface area contributed by atoms with Gasteiger partial charge in [-0.3, -0.25) is 4.68 Å². The topological polar surface area (TPSA) is 27.1 Å². The summed E-state index contributed by atoms with van der Waals surface area (Å²) in [7, 11) is 1.85. The van der Waals surface area contributed by atoms with Gasteiger partial charge in [-0.15, -0.1) is 0 Å². The van der Waals surface area contributed by atoms with Crippen LogP contribution in [0.1, 0.15) is 11.1 Å². The number of hydrogen-bond donors (Lipinski definition) is 0. The van der Waals surface area contributed by atoms with Gasteiger partial charge in [0.1, 0.15) is 6.61 Å². The molecule has 2 rings (SSSR count). The van der Waals surface area contributed by atoms with Gasteiger partial charge in [0, 0.05) is 17.6 Å². The van der Waals surface area contributed by atoms with E-state index in [1.54, 1.807) is 10.9 Å². The smallest absolute Gasteiger partial charge is 0.157 e. The molecule has 1 aromatic carbocycles. The highest BCUT2D eigenvalue weighted by atomic mass is 35.5. The Morgan fingerprint density at radius 2 is 2.25 bits per heavy atom. The quantitative estimate of drug-likeness (QED) is 0.819. The number of benzene rings is 1. The molecule has 0 aliphatic heterocycles. The number of nitrogens with zero attached hydrogens (tertiary/aromatic N) is 2. The van der Waals surface area contributed by atoms with E-state index in [0.29, 0.717) is 6.61 Å². The van der Waals surface area contributed by atoms with Gasteiger partial charge >= 0.3 is 0 Å². The number of aromatic nitrogens is 2. The summed E-state index contributed by atoms with van der Waals surface area (Å²) in [5.41, 5.74) is 2.13. The van der Waals surface area contributed by atoms with E-state index in [0.717, 1.165) is 21.9 Å². The Labute approximate surface area is 99.6 Å². The van der Waals surface area contributed by atoms with Crippen LogP contribution in [0.5, 0.6) is 5.75 Å². The van der Waals surface area contributed by atoms with Gasteiger partial charge in [0.05, 0.1) is 12.4 Å². The second-order valence-electron chi connectivity index (χ2n) is 3.73. The number of hydrogen-bond acceptors (Lipinski definition) is 2. The predicted octanol–water partition coefficient (Wildman–Crippen LogP) is 2.96. The molecule has 4 heteroatoms. The molecule has 84 valence electrons. The SMILES string of the molecule is Cc1ccc(COc2cnn(C)c2)c(Cl)c1. The van der Waals surface area contributed by atoms with E-state index < -0.39 is 0 Å². The van der Waals surface area contributed by atoms with Crippen molar-refractivity contribution in [3.63, 3.8) is 0 Å². The zero-order valence-corrected chi connectivity index (χ0v) is 10.0. The molecular formula is C12H13ClN2O. The Hall–Kier alpha value is -1.48. The maximum Gasteiger partial charge on any atom is 0.157 e. The second kappa shape index (κ2) is 4.58. The highest BCUT2D eigenvalue weighted by Crippen LogP contribution is 2.19. The fourth-order valence-electron chi connectivity index (χ4n) is 1.40. The number of aryl methyl sites for hydroxylation is 2. The molecule has 0 radical (unpaired) electrons. The molecule has 1 aromatic heterocycles. The summed E-state index contributed by atoms with van der Waals surface area (Å²) < 4.78 is 7.27. The third kappa shape index (κ3) is 2.55. The van der Waals surface area contributed by atoms with Crippen molar-refractivity contribution in [2.24, 2.45) is 7.05 Å². The Morgan fingerprint density at radius 1 is 1.44 bits per heavy atom. The minimum absolute atomic E-state index is 0.463. The molecule has 0 spiro atoms. The molecule has 3 nitrogen and oxygen atoms in total. The van der Waals surface area contributed by atoms with E-state index in [4.69, 9.17) is 16.3 Å². The fourth-order valence-corrected chi connectivity index (χ4v) is 1.69. The standard InChI is InChI=1S/C12H13ClN2O/c1-9-3-4-10(12(13)5-9)8-16-11-6-14-15(2)7-11/h3-7H,8H2,1-2H3. The van der Waals surface area contributed by atoms with Gasteiger partial charge in [-0.25, -0.2) is 0 Å². The molecule has 0 fully saturated rings. The van der Waals surface area contributed by atoms with E-state index in [1.165, 1.54) is 0 Å². The minimum atomic E-state index is 0.463. The van der Waals surface area contributed by atoms with Crippen LogP contribution in [0.25, 0.3) is 0 Å². The molecule has 0 aliphatic rings. The van der Waals surface area contributed by atoms with E-state index in [2.05, 4.69) is 5.10 Å². The Morgan fingerprint density at radius 3 is 2.88 bits per heavy atom. The molecular weight excluding hydrogens is 224 g/mol. The first-order valence-electron chi connectivity index (χ1n) is 5.01. The van der Waals surface area contributed by atoms with Crippen LogP contribution in [0.2, 0.25) is 5.02 Å². The Kier molecular flexibility index (Phi) is 3.15. The molecule has 0 unspecified atom stereocenters. The van der Waals surface area contributed by atoms with Gasteiger partial charge in [0.25, 0.3) is 0 Å². The lowest BCUT2D eigenvalue weighted by atomic mass is 10.2. The first kappa shape index (κ1) is 11.0. The summed E-state index contributed by atoms with van der Waals surface area (Å²) in [6, 6.07) is 5.94. The van der Waals surface area contributed by atoms with Crippen LogP contribution in [0.4, 0.5) is 0 Å². The summed E-state index contributed by atoms with van der Waals surface area (Å²) in [5.74, 6) is 0.749. The van der Waals surface area contributed by atoms with E-state index in [9.17, 15) is 0 Å². The van der Waals surface area contributed by atoms with Gasteiger partial charge in [0.2, 0.25) is 0 Å². The largest absolute Gasteiger partial charge is 0.486 e. The van der Waals surface area contributed by atoms with Gasteiger partial charge in [-0.05, 0) is 18.6 Å². The minimum Gasteiger partial charge on any atom is -0.486 e. The van der Waals surface area contributed by atoms with E-state index >= 15 is 0 Å². The Balaban J connectivity index is 2.04. The van der Waals surface area contributed by atoms with Crippen LogP contribution in [-0.4, -0.2) is 9.78 Å². The fraction of sp³-hybridized carbons (Fsp3) is 0.250. The molecule has 0 atom stereocenters. The highest BCUT2D eigenvalue weighted by molar-refractivity contribution is 6.31. The van der Waals surface area contributed by atoms with Gasteiger partial charge < -0.3 is 4.74 Å². The lowest BCUT2D eigenvalue weighted by molar-refractivity contribution is 0.306. The normalized spacial score (nSPS) is 10.4. The zero-order valence-electron chi connectivity index (χ0n) is 9.27. The number of ether oxygens (including phenoxy) is 1. The number of halogens is 1. The van der Waals surface area contributed by atoms with Crippen LogP contribution < -0.4 is 4.74 Å². The molecule has 2 aromatic rings. The number of rotatable bonds is 3. The van der Waals surface area contributed by atoms with Crippen LogP contribution in [0.15, 0.2) is 30.6 Å². The van der Waals surface area contributed by atoms with Crippen LogP contribution in [0, 0.1) is 6.92 Å². The summed E-state index contributed by atoms with van der Waals surface area (Å²) in [5, 5.41) is 4.76. The summed E-state index contributed by atoms with van der Waals surface area (Å²) in [6.45, 7) is 2.47. The third-order valence-electron chi connectivity index (χ3n) is 2.28. The molecule has 0 saturated carbocycles. The van der Waals surface area contributed by atoms with E-state index in [1.807, 2.05) is 38.4 Å². The molecule has 0 N–H and O–H groups in total. The van der Waals surface area contributed by atoms with Crippen molar-refractivity contribution in [2.45, 2.75) is 13.5 Å². The van der Waals surface area contributed by atoms with Crippen molar-refractivity contribution in [3.05, 3.63) is 46.7 Å². The predicted molar refractivity (Wildman–Crippen MR) is 63.7 cm³/mol. The van der Waals surface area contributed by atoms with E-state index in [-0.39, 0.29) is 0 Å². The lowest BCUT2D eigenvalue weighted by Gasteiger charge is -2.06. The first-order valence-corrected chi connectivity index (χ1v) is 5.39. The van der Waals surface area contributed by atoms with Crippen molar-refractivity contribution in [1.82, 2.24) is 9.78 Å². The van der Waals surface area contributed by atoms with Gasteiger partial charge in [0.15, 0.2) is 5.75 Å². The van der Waals surface area contributed by atoms with Crippen molar-refractivity contribution in [1.29, 1.82) is 0 Å². The van der Waals surface area contributed by atoms with Crippen LogP contribution in [0.3, 0.4) is 0 Å². The first-order chi connectivity index (χ1) is 7.65. The van der Waals surface area contributed by atoms with Crippen molar-refractivity contribution >= 4 is 11.6 Å². The molecule has 0 bridgehead atoms. The molecule has 0 amide bonds. The zero-order chi connectivity index (χ0) is 11.5. The molecule has 1 heterocycles. The van der Waals surface area contributed by atoms with Crippen LogP contribution in [-0.2, 0) is 13.7 Å². The molecule has 0 aliphatic carbocycles. The maximum atomic E-state index is 6.10. The third-order valence-corrected chi connectivity index (χ3v) is 2.64. The second-order valence-corrected chi connectivity index (χ2v) is 4.14. The highest BCUT2D eigenvalue weighted by Gasteiger charge is 2.02.